The second-order valence-corrected chi connectivity index (χ2v) is 2.81. The molecule has 0 aliphatic rings. The number of esters is 1. The molecule has 1 heterocycles. The Balaban J connectivity index is 2.54. The van der Waals surface area contributed by atoms with Crippen LogP contribution in [0.1, 0.15) is 10.4 Å². The predicted molar refractivity (Wildman–Crippen MR) is 51.3 cm³/mol. The van der Waals surface area contributed by atoms with E-state index in [0.717, 1.165) is 0 Å². The van der Waals surface area contributed by atoms with Crippen LogP contribution in [-0.4, -0.2) is 22.5 Å². The molecular weight excluding hydrogens is 188 g/mol. The van der Waals surface area contributed by atoms with Gasteiger partial charge >= 0.3 is 5.97 Å². The maximum Gasteiger partial charge on any atom is 0.340 e. The molecule has 0 atom stereocenters. The van der Waals surface area contributed by atoms with E-state index in [-0.39, 0.29) is 11.6 Å². The van der Waals surface area contributed by atoms with Crippen molar-refractivity contribution >= 4 is 23.2 Å². The molecule has 68 valence electrons. The van der Waals surface area contributed by atoms with Crippen molar-refractivity contribution in [2.45, 2.75) is 0 Å². The van der Waals surface area contributed by atoms with Crippen LogP contribution in [0.15, 0.2) is 24.5 Å². The standard InChI is InChI=1S/C8H8N2O2S/c9-7(13)5-12-8(11)6-2-1-3-10-4-6/h1-4H,5H2,(H2,9,13). The average molecular weight is 196 g/mol. The lowest BCUT2D eigenvalue weighted by atomic mass is 10.3. The molecule has 5 heteroatoms. The molecular formula is C8H8N2O2S. The highest BCUT2D eigenvalue weighted by atomic mass is 32.1. The molecule has 1 aromatic rings. The van der Waals surface area contributed by atoms with Crippen LogP contribution in [0.3, 0.4) is 0 Å². The van der Waals surface area contributed by atoms with Gasteiger partial charge in [-0.3, -0.25) is 4.98 Å². The lowest BCUT2D eigenvalue weighted by Gasteiger charge is -2.01. The first-order chi connectivity index (χ1) is 6.20. The minimum atomic E-state index is -0.471. The summed E-state index contributed by atoms with van der Waals surface area (Å²) < 4.78 is 4.74. The highest BCUT2D eigenvalue weighted by Gasteiger charge is 2.05. The Bertz CT molecular complexity index is 313. The van der Waals surface area contributed by atoms with E-state index in [9.17, 15) is 4.79 Å². The van der Waals surface area contributed by atoms with E-state index in [0.29, 0.717) is 5.56 Å². The Labute approximate surface area is 80.7 Å². The Hall–Kier alpha value is -1.49. The quantitative estimate of drug-likeness (QED) is 0.564. The number of rotatable bonds is 3. The van der Waals surface area contributed by atoms with Gasteiger partial charge in [0, 0.05) is 12.4 Å². The zero-order valence-electron chi connectivity index (χ0n) is 6.77. The van der Waals surface area contributed by atoms with Gasteiger partial charge in [0.25, 0.3) is 0 Å². The first kappa shape index (κ1) is 9.60. The van der Waals surface area contributed by atoms with Crippen molar-refractivity contribution in [3.05, 3.63) is 30.1 Å². The van der Waals surface area contributed by atoms with Crippen LogP contribution >= 0.6 is 12.2 Å². The molecule has 0 fully saturated rings. The van der Waals surface area contributed by atoms with E-state index in [1.165, 1.54) is 6.20 Å². The molecule has 0 aliphatic carbocycles. The van der Waals surface area contributed by atoms with E-state index in [1.807, 2.05) is 0 Å². The lowest BCUT2D eigenvalue weighted by molar-refractivity contribution is 0.0564. The summed E-state index contributed by atoms with van der Waals surface area (Å²) in [5, 5.41) is 0. The maximum absolute atomic E-state index is 11.2. The van der Waals surface area contributed by atoms with Crippen LogP contribution in [0.25, 0.3) is 0 Å². The topological polar surface area (TPSA) is 65.2 Å². The van der Waals surface area contributed by atoms with Crippen LogP contribution < -0.4 is 5.73 Å². The van der Waals surface area contributed by atoms with Gasteiger partial charge < -0.3 is 10.5 Å². The van der Waals surface area contributed by atoms with E-state index >= 15 is 0 Å². The van der Waals surface area contributed by atoms with E-state index in [2.05, 4.69) is 17.2 Å². The zero-order chi connectivity index (χ0) is 9.68. The molecule has 0 unspecified atom stereocenters. The molecule has 0 aromatic carbocycles. The van der Waals surface area contributed by atoms with Crippen molar-refractivity contribution in [1.29, 1.82) is 0 Å². The van der Waals surface area contributed by atoms with Crippen LogP contribution in [0.4, 0.5) is 0 Å². The van der Waals surface area contributed by atoms with Gasteiger partial charge in [0.2, 0.25) is 0 Å². The number of hydrogen-bond donors (Lipinski definition) is 1. The molecule has 0 spiro atoms. The van der Waals surface area contributed by atoms with E-state index in [1.54, 1.807) is 18.3 Å². The monoisotopic (exact) mass is 196 g/mol. The molecule has 0 bridgehead atoms. The Morgan fingerprint density at radius 2 is 2.46 bits per heavy atom. The summed E-state index contributed by atoms with van der Waals surface area (Å²) in [5.41, 5.74) is 5.55. The summed E-state index contributed by atoms with van der Waals surface area (Å²) in [4.78, 5) is 15.1. The predicted octanol–water partition coefficient (Wildman–Crippen LogP) is 0.524. The van der Waals surface area contributed by atoms with Gasteiger partial charge in [-0.25, -0.2) is 4.79 Å². The number of nitrogens with two attached hydrogens (primary N) is 1. The molecule has 0 amide bonds. The molecule has 4 nitrogen and oxygen atoms in total. The first-order valence-corrected chi connectivity index (χ1v) is 3.96. The number of carbonyl (C=O) groups is 1. The van der Waals surface area contributed by atoms with Gasteiger partial charge in [-0.05, 0) is 12.1 Å². The number of pyridine rings is 1. The fraction of sp³-hybridized carbons (Fsp3) is 0.125. The van der Waals surface area contributed by atoms with Crippen molar-refractivity contribution < 1.29 is 9.53 Å². The zero-order valence-corrected chi connectivity index (χ0v) is 7.58. The number of aromatic nitrogens is 1. The highest BCUT2D eigenvalue weighted by Crippen LogP contribution is 1.98. The van der Waals surface area contributed by atoms with E-state index < -0.39 is 5.97 Å². The van der Waals surface area contributed by atoms with Gasteiger partial charge in [-0.15, -0.1) is 0 Å². The number of ether oxygens (including phenoxy) is 1. The average Bonchev–Trinajstić information content (AvgIpc) is 2.15. The van der Waals surface area contributed by atoms with Crippen LogP contribution in [-0.2, 0) is 4.74 Å². The number of carbonyl (C=O) groups excluding carboxylic acids is 1. The molecule has 0 aliphatic heterocycles. The maximum atomic E-state index is 11.2. The molecule has 0 radical (unpaired) electrons. The molecule has 1 rings (SSSR count). The summed E-state index contributed by atoms with van der Waals surface area (Å²) in [6.45, 7) is -0.0386. The summed E-state index contributed by atoms with van der Waals surface area (Å²) in [6, 6.07) is 3.26. The number of thiocarbonyl (C=S) groups is 1. The number of hydrogen-bond acceptors (Lipinski definition) is 4. The fourth-order valence-electron chi connectivity index (χ4n) is 0.704. The fourth-order valence-corrected chi connectivity index (χ4v) is 0.762. The van der Waals surface area contributed by atoms with Gasteiger partial charge in [-0.2, -0.15) is 0 Å². The van der Waals surface area contributed by atoms with Crippen molar-refractivity contribution in [3.8, 4) is 0 Å². The van der Waals surface area contributed by atoms with Crippen molar-refractivity contribution in [1.82, 2.24) is 4.98 Å². The minimum Gasteiger partial charge on any atom is -0.455 e. The summed E-state index contributed by atoms with van der Waals surface area (Å²) in [6.07, 6.45) is 2.99. The summed E-state index contributed by atoms with van der Waals surface area (Å²) in [5.74, 6) is -0.471. The van der Waals surface area contributed by atoms with Crippen LogP contribution in [0.2, 0.25) is 0 Å². The summed E-state index contributed by atoms with van der Waals surface area (Å²) >= 11 is 4.55. The highest BCUT2D eigenvalue weighted by molar-refractivity contribution is 7.80. The Morgan fingerprint density at radius 3 is 3.00 bits per heavy atom. The second-order valence-electron chi connectivity index (χ2n) is 2.28. The first-order valence-electron chi connectivity index (χ1n) is 3.55. The lowest BCUT2D eigenvalue weighted by Crippen LogP contribution is -2.19. The third-order valence-electron chi connectivity index (χ3n) is 1.24. The van der Waals surface area contributed by atoms with E-state index in [4.69, 9.17) is 10.5 Å². The van der Waals surface area contributed by atoms with Gasteiger partial charge in [-0.1, -0.05) is 12.2 Å². The van der Waals surface area contributed by atoms with Crippen molar-refractivity contribution in [2.24, 2.45) is 5.73 Å². The van der Waals surface area contributed by atoms with Gasteiger partial charge in [0.05, 0.1) is 5.56 Å². The Morgan fingerprint density at radius 1 is 1.69 bits per heavy atom. The van der Waals surface area contributed by atoms with Crippen molar-refractivity contribution in [3.63, 3.8) is 0 Å². The number of nitrogens with zero attached hydrogens (tertiary/aromatic N) is 1. The van der Waals surface area contributed by atoms with Gasteiger partial charge in [0.15, 0.2) is 0 Å². The smallest absolute Gasteiger partial charge is 0.340 e. The normalized spacial score (nSPS) is 9.23. The molecule has 0 saturated heterocycles. The third kappa shape index (κ3) is 3.16. The van der Waals surface area contributed by atoms with Crippen molar-refractivity contribution in [2.75, 3.05) is 6.61 Å². The SMILES string of the molecule is NC(=S)COC(=O)c1cccnc1. The minimum absolute atomic E-state index is 0.0386. The van der Waals surface area contributed by atoms with Crippen LogP contribution in [0.5, 0.6) is 0 Å². The molecule has 13 heavy (non-hydrogen) atoms. The second kappa shape index (κ2) is 4.51. The third-order valence-corrected chi connectivity index (χ3v) is 1.36. The molecule has 2 N–H and O–H groups in total. The van der Waals surface area contributed by atoms with Crippen LogP contribution in [0, 0.1) is 0 Å². The molecule has 1 aromatic heterocycles. The largest absolute Gasteiger partial charge is 0.455 e. The summed E-state index contributed by atoms with van der Waals surface area (Å²) in [7, 11) is 0. The Kier molecular flexibility index (Phi) is 3.33. The molecule has 0 saturated carbocycles. The van der Waals surface area contributed by atoms with Gasteiger partial charge in [0.1, 0.15) is 11.6 Å².